The molecule has 38 heteroatoms. The fourth-order valence-corrected chi connectivity index (χ4v) is 6.98. The number of aromatic nitrogens is 2. The second-order valence-corrected chi connectivity index (χ2v) is 16.1. The van der Waals surface area contributed by atoms with Crippen LogP contribution in [0.1, 0.15) is 26.0 Å². The first-order valence-electron chi connectivity index (χ1n) is 17.1. The van der Waals surface area contributed by atoms with Crippen LogP contribution in [0.2, 0.25) is 0 Å². The van der Waals surface area contributed by atoms with Gasteiger partial charge < -0.3 is 81.3 Å². The Balaban J connectivity index is 1.62. The van der Waals surface area contributed by atoms with E-state index in [0.29, 0.717) is 25.0 Å². The van der Waals surface area contributed by atoms with Crippen LogP contribution >= 0.6 is 31.3 Å². The highest BCUT2D eigenvalue weighted by atomic mass is 31.2. The molecular formula is C26H39N3O31P4-4. The van der Waals surface area contributed by atoms with Gasteiger partial charge in [-0.2, -0.15) is 0 Å². The maximum Gasteiger partial charge on any atom is 0.333 e. The zero-order valence-corrected chi connectivity index (χ0v) is 36.2. The summed E-state index contributed by atoms with van der Waals surface area (Å²) in [5.41, 5.74) is 3.46. The van der Waals surface area contributed by atoms with Crippen LogP contribution in [0.15, 0.2) is 46.9 Å². The number of hydrogen-bond acceptors (Lipinski definition) is 32. The van der Waals surface area contributed by atoms with Crippen LogP contribution in [0.3, 0.4) is 0 Å². The Morgan fingerprint density at radius 2 is 1.47 bits per heavy atom. The molecule has 8 unspecified atom stereocenters. The van der Waals surface area contributed by atoms with E-state index in [4.69, 9.17) is 35.8 Å². The minimum Gasteiger partial charge on any atom is -0.756 e. The standard InChI is InChI=1S/C26H43N3O31P4/c1-3-5-7-28-23(31)6-8-29(26(28)32)24-17-22(53-62(35,36)46-4-2)25(51-24)54-64(39,40)50-16-12-45-58-60-56-43-10-14-48-61(33,34)47-13-9-42-55-59-57-44-11-15-49-63(37,38)52-21(18-30)19-41-20-27/h1,6,8-9,12-13,16,21-22,24-25,30H,4-5,7,10-11,14-15,17-20,27H2,2H3,(H,33,34)(H,35,36)(H,37,38)(H,39,40)/p-4/b13-9-,16-12+. The molecule has 3 N–H and O–H groups in total. The van der Waals surface area contributed by atoms with Gasteiger partial charge in [-0.1, -0.05) is 0 Å². The van der Waals surface area contributed by atoms with Gasteiger partial charge in [-0.25, -0.2) is 14.6 Å². The topological polar surface area (TPSA) is 435 Å². The van der Waals surface area contributed by atoms with E-state index in [1.165, 1.54) is 6.92 Å². The number of phosphoric acid groups is 4. The van der Waals surface area contributed by atoms with Crippen molar-refractivity contribution in [3.8, 4) is 12.3 Å². The van der Waals surface area contributed by atoms with Crippen LogP contribution in [0, 0.1) is 12.3 Å². The quantitative estimate of drug-likeness (QED) is 0.0131. The molecule has 0 aliphatic carbocycles. The summed E-state index contributed by atoms with van der Waals surface area (Å²) < 4.78 is 95.9. The summed E-state index contributed by atoms with van der Waals surface area (Å²) in [5, 5.41) is 32.7. The van der Waals surface area contributed by atoms with E-state index in [1.54, 1.807) is 0 Å². The van der Waals surface area contributed by atoms with E-state index in [0.717, 1.165) is 21.4 Å². The molecule has 0 amide bonds. The number of ether oxygens (including phenoxy) is 2. The molecular weight excluding hydrogens is 974 g/mol. The summed E-state index contributed by atoms with van der Waals surface area (Å²) in [6.45, 7) is -3.03. The van der Waals surface area contributed by atoms with Crippen molar-refractivity contribution in [1.82, 2.24) is 9.13 Å². The van der Waals surface area contributed by atoms with Crippen molar-refractivity contribution in [1.29, 1.82) is 0 Å². The Kier molecular flexibility index (Phi) is 27.0. The fourth-order valence-electron chi connectivity index (χ4n) is 3.99. The third-order valence-electron chi connectivity index (χ3n) is 6.32. The van der Waals surface area contributed by atoms with Gasteiger partial charge in [0, 0.05) is 51.8 Å². The summed E-state index contributed by atoms with van der Waals surface area (Å²) in [4.78, 5) is 90.1. The molecule has 1 fully saturated rings. The molecule has 0 aromatic carbocycles. The molecule has 1 aromatic rings. The molecule has 2 rings (SSSR count). The normalized spacial score (nSPS) is 20.8. The molecule has 1 aromatic heterocycles. The van der Waals surface area contributed by atoms with Gasteiger partial charge in [-0.3, -0.25) is 36.7 Å². The number of aliphatic hydroxyl groups excluding tert-OH is 1. The Morgan fingerprint density at radius 1 is 0.859 bits per heavy atom. The molecule has 1 aliphatic rings. The average Bonchev–Trinajstić information content (AvgIpc) is 3.59. The van der Waals surface area contributed by atoms with Crippen molar-refractivity contribution in [2.45, 2.75) is 51.0 Å². The van der Waals surface area contributed by atoms with Crippen molar-refractivity contribution in [3.05, 3.63) is 58.1 Å². The molecule has 0 spiro atoms. The molecule has 0 bridgehead atoms. The highest BCUT2D eigenvalue weighted by molar-refractivity contribution is 7.46. The first-order chi connectivity index (χ1) is 30.4. The molecule has 368 valence electrons. The van der Waals surface area contributed by atoms with E-state index in [-0.39, 0.29) is 32.9 Å². The van der Waals surface area contributed by atoms with Gasteiger partial charge in [0.1, 0.15) is 44.2 Å². The van der Waals surface area contributed by atoms with Gasteiger partial charge in [-0.05, 0) is 17.0 Å². The lowest BCUT2D eigenvalue weighted by Crippen LogP contribution is -2.40. The first kappa shape index (κ1) is 57.1. The molecule has 0 radical (unpaired) electrons. The second kappa shape index (κ2) is 30.3. The number of nitrogens with two attached hydrogens (primary N) is 1. The third-order valence-corrected chi connectivity index (χ3v) is 10.2. The monoisotopic (exact) mass is 1010 g/mol. The van der Waals surface area contributed by atoms with Crippen LogP contribution in [-0.4, -0.2) is 85.7 Å². The summed E-state index contributed by atoms with van der Waals surface area (Å²) in [6.07, 6.45) is 0.854. The summed E-state index contributed by atoms with van der Waals surface area (Å²) in [6, 6.07) is 0.993. The number of terminal acetylenes is 1. The number of aliphatic hydroxyl groups is 1. The predicted molar refractivity (Wildman–Crippen MR) is 185 cm³/mol. The third kappa shape index (κ3) is 23.9. The second-order valence-electron chi connectivity index (χ2n) is 10.7. The van der Waals surface area contributed by atoms with Crippen molar-refractivity contribution >= 4 is 31.3 Å². The average molecular weight is 1010 g/mol. The molecule has 1 aliphatic heterocycles. The lowest BCUT2D eigenvalue weighted by atomic mass is 10.2. The molecule has 64 heavy (non-hydrogen) atoms. The van der Waals surface area contributed by atoms with Crippen molar-refractivity contribution in [3.63, 3.8) is 0 Å². The van der Waals surface area contributed by atoms with Gasteiger partial charge in [0.15, 0.2) is 18.8 Å². The molecule has 2 heterocycles. The molecule has 34 nitrogen and oxygen atoms in total. The lowest BCUT2D eigenvalue weighted by molar-refractivity contribution is -0.700. The first-order valence-corrected chi connectivity index (χ1v) is 23.0. The highest BCUT2D eigenvalue weighted by Gasteiger charge is 2.43. The van der Waals surface area contributed by atoms with Gasteiger partial charge in [0.2, 0.25) is 0 Å². The number of phosphoric ester groups is 4. The van der Waals surface area contributed by atoms with Gasteiger partial charge in [0.25, 0.3) is 21.2 Å². The minimum atomic E-state index is -5.44. The maximum absolute atomic E-state index is 12.9. The van der Waals surface area contributed by atoms with E-state index in [9.17, 15) is 47.4 Å². The van der Waals surface area contributed by atoms with Crippen LogP contribution in [0.5, 0.6) is 0 Å². The van der Waals surface area contributed by atoms with Crippen LogP contribution in [-0.2, 0) is 120 Å². The molecule has 1 saturated heterocycles. The summed E-state index contributed by atoms with van der Waals surface area (Å²) >= 11 is 0. The lowest BCUT2D eigenvalue weighted by Gasteiger charge is -2.30. The Labute approximate surface area is 358 Å². The van der Waals surface area contributed by atoms with E-state index in [1.807, 2.05) is 0 Å². The largest absolute Gasteiger partial charge is 0.756 e. The fraction of sp³-hybridized carbons (Fsp3) is 0.615. The zero-order chi connectivity index (χ0) is 47.5. The predicted octanol–water partition coefficient (Wildman–Crippen LogP) is -2.60. The number of hydrogen-bond donors (Lipinski definition) is 2. The SMILES string of the molecule is C#CCCn1c(=O)ccn(C2CC(OP(=O)([O-])OCC)C(OP(=O)([O-])O/C=C/OOOOOCCOP(=O)([O-])O/C=C\OOOOOCCOP(=O)([O-])OC(CO)COCN)O2)c1=O. The van der Waals surface area contributed by atoms with Gasteiger partial charge in [0.05, 0.1) is 39.8 Å². The Bertz CT molecular complexity index is 1930. The summed E-state index contributed by atoms with van der Waals surface area (Å²) in [7, 11) is -20.4. The van der Waals surface area contributed by atoms with E-state index < -0.39 is 107 Å². The Morgan fingerprint density at radius 3 is 2.05 bits per heavy atom. The van der Waals surface area contributed by atoms with Crippen LogP contribution in [0.4, 0.5) is 0 Å². The van der Waals surface area contributed by atoms with E-state index >= 15 is 0 Å². The van der Waals surface area contributed by atoms with Gasteiger partial charge >= 0.3 is 21.3 Å². The van der Waals surface area contributed by atoms with Crippen molar-refractivity contribution in [2.24, 2.45) is 5.73 Å². The van der Waals surface area contributed by atoms with Crippen molar-refractivity contribution in [2.75, 3.05) is 53.0 Å². The molecule has 8 atom stereocenters. The van der Waals surface area contributed by atoms with Crippen LogP contribution in [0.25, 0.3) is 0 Å². The summed E-state index contributed by atoms with van der Waals surface area (Å²) in [5.74, 6) is 2.27. The zero-order valence-electron chi connectivity index (χ0n) is 32.6. The van der Waals surface area contributed by atoms with E-state index in [2.05, 4.69) is 82.8 Å². The molecule has 0 saturated carbocycles. The number of nitrogens with zero attached hydrogens (tertiary/aromatic N) is 2. The smallest absolute Gasteiger partial charge is 0.333 e. The Hall–Kier alpha value is -3.04. The van der Waals surface area contributed by atoms with Gasteiger partial charge in [-0.15, -0.1) is 12.3 Å². The number of rotatable bonds is 37. The maximum atomic E-state index is 12.9. The van der Waals surface area contributed by atoms with Crippen molar-refractivity contribution < 1.29 is 138 Å². The van der Waals surface area contributed by atoms with Crippen LogP contribution < -0.4 is 36.6 Å². The minimum absolute atomic E-state index is 0.0112. The highest BCUT2D eigenvalue weighted by Crippen LogP contribution is 2.49.